The molecule has 0 aliphatic heterocycles. The van der Waals surface area contributed by atoms with E-state index in [1.165, 1.54) is 0 Å². The lowest BCUT2D eigenvalue weighted by atomic mass is 10.0. The second kappa shape index (κ2) is 9.30. The van der Waals surface area contributed by atoms with Gasteiger partial charge in [-0.15, -0.1) is 0 Å². The number of hydrogen-bond donors (Lipinski definition) is 1. The van der Waals surface area contributed by atoms with Crippen molar-refractivity contribution in [3.63, 3.8) is 0 Å². The van der Waals surface area contributed by atoms with Crippen molar-refractivity contribution in [3.05, 3.63) is 76.5 Å². The minimum absolute atomic E-state index is 0.176. The first-order valence-corrected chi connectivity index (χ1v) is 9.36. The van der Waals surface area contributed by atoms with Gasteiger partial charge in [0.2, 0.25) is 0 Å². The Hall–Kier alpha value is -3.25. The van der Waals surface area contributed by atoms with Crippen molar-refractivity contribution in [2.75, 3.05) is 13.7 Å². The lowest BCUT2D eigenvalue weighted by molar-refractivity contribution is -0.124. The highest BCUT2D eigenvalue weighted by molar-refractivity contribution is 5.99. The van der Waals surface area contributed by atoms with Crippen LogP contribution in [0.15, 0.2) is 48.5 Å². The molecule has 0 aliphatic carbocycles. The maximum absolute atomic E-state index is 12.7. The molecule has 0 bridgehead atoms. The third-order valence-corrected chi connectivity index (χ3v) is 4.66. The summed E-state index contributed by atoms with van der Waals surface area (Å²) in [5, 5.41) is 3.62. The van der Waals surface area contributed by atoms with Crippen molar-refractivity contribution in [1.29, 1.82) is 0 Å². The lowest BCUT2D eigenvalue weighted by Gasteiger charge is -2.14. The predicted octanol–water partition coefficient (Wildman–Crippen LogP) is 3.47. The average Bonchev–Trinajstić information content (AvgIpc) is 2.72. The number of nitrogens with one attached hydrogen (secondary N) is 1. The fraction of sp³-hybridized carbons (Fsp3) is 0.261. The summed E-state index contributed by atoms with van der Waals surface area (Å²) in [6, 6.07) is 15.4. The highest BCUT2D eigenvalue weighted by atomic mass is 16.5. The standard InChI is InChI=1S/C23H24N2O4/c1-15-8-10-17(11-9-15)12-24-21(26)14-29-23(27)22-16(2)18-6-4-5-7-19(18)25-20(22)13-28-3/h4-11H,12-14H2,1-3H3,(H,24,26). The fourth-order valence-corrected chi connectivity index (χ4v) is 3.11. The molecule has 3 rings (SSSR count). The molecule has 6 heteroatoms. The summed E-state index contributed by atoms with van der Waals surface area (Å²) >= 11 is 0. The Labute approximate surface area is 169 Å². The molecule has 29 heavy (non-hydrogen) atoms. The van der Waals surface area contributed by atoms with Gasteiger partial charge in [0.05, 0.1) is 23.4 Å². The molecule has 2 aromatic carbocycles. The van der Waals surface area contributed by atoms with Gasteiger partial charge in [-0.3, -0.25) is 4.79 Å². The van der Waals surface area contributed by atoms with Crippen LogP contribution in [0.4, 0.5) is 0 Å². The number of hydrogen-bond acceptors (Lipinski definition) is 5. The number of rotatable bonds is 7. The minimum Gasteiger partial charge on any atom is -0.452 e. The van der Waals surface area contributed by atoms with E-state index in [1.54, 1.807) is 7.11 Å². The quantitative estimate of drug-likeness (QED) is 0.623. The lowest BCUT2D eigenvalue weighted by Crippen LogP contribution is -2.28. The topological polar surface area (TPSA) is 77.5 Å². The number of para-hydroxylation sites is 1. The number of pyridine rings is 1. The predicted molar refractivity (Wildman–Crippen MR) is 111 cm³/mol. The van der Waals surface area contributed by atoms with Crippen LogP contribution in [0.5, 0.6) is 0 Å². The number of aromatic nitrogens is 1. The Bertz CT molecular complexity index is 1030. The van der Waals surface area contributed by atoms with Crippen molar-refractivity contribution < 1.29 is 19.1 Å². The number of carbonyl (C=O) groups is 2. The molecule has 150 valence electrons. The summed E-state index contributed by atoms with van der Waals surface area (Å²) in [5.74, 6) is -0.947. The van der Waals surface area contributed by atoms with Crippen LogP contribution in [-0.4, -0.2) is 30.6 Å². The molecule has 1 aromatic heterocycles. The van der Waals surface area contributed by atoms with Gasteiger partial charge in [0.1, 0.15) is 0 Å². The first-order chi connectivity index (χ1) is 14.0. The van der Waals surface area contributed by atoms with Crippen molar-refractivity contribution >= 4 is 22.8 Å². The number of nitrogens with zero attached hydrogens (tertiary/aromatic N) is 1. The van der Waals surface area contributed by atoms with E-state index < -0.39 is 5.97 Å². The molecule has 3 aromatic rings. The van der Waals surface area contributed by atoms with Crippen LogP contribution in [-0.2, 0) is 27.4 Å². The molecule has 0 fully saturated rings. The molecule has 0 saturated heterocycles. The number of amides is 1. The summed E-state index contributed by atoms with van der Waals surface area (Å²) in [4.78, 5) is 29.4. The smallest absolute Gasteiger partial charge is 0.340 e. The van der Waals surface area contributed by atoms with Gasteiger partial charge in [-0.25, -0.2) is 9.78 Å². The number of esters is 1. The van der Waals surface area contributed by atoms with Gasteiger partial charge in [0.15, 0.2) is 6.61 Å². The SMILES string of the molecule is COCc1nc2ccccc2c(C)c1C(=O)OCC(=O)NCc1ccc(C)cc1. The van der Waals surface area contributed by atoms with Crippen LogP contribution >= 0.6 is 0 Å². The molecular formula is C23H24N2O4. The molecule has 6 nitrogen and oxygen atoms in total. The summed E-state index contributed by atoms with van der Waals surface area (Å²) in [6.07, 6.45) is 0. The molecule has 0 spiro atoms. The summed E-state index contributed by atoms with van der Waals surface area (Å²) in [7, 11) is 1.54. The fourth-order valence-electron chi connectivity index (χ4n) is 3.11. The maximum atomic E-state index is 12.7. The van der Waals surface area contributed by atoms with Crippen LogP contribution in [0.25, 0.3) is 10.9 Å². The average molecular weight is 392 g/mol. The van der Waals surface area contributed by atoms with Crippen LogP contribution in [0.1, 0.15) is 32.7 Å². The van der Waals surface area contributed by atoms with Gasteiger partial charge >= 0.3 is 5.97 Å². The van der Waals surface area contributed by atoms with Crippen LogP contribution in [0.2, 0.25) is 0 Å². The van der Waals surface area contributed by atoms with Gasteiger partial charge in [-0.05, 0) is 31.0 Å². The Morgan fingerprint density at radius 3 is 2.48 bits per heavy atom. The number of methoxy groups -OCH3 is 1. The second-order valence-electron chi connectivity index (χ2n) is 6.85. The largest absolute Gasteiger partial charge is 0.452 e. The van der Waals surface area contributed by atoms with E-state index in [4.69, 9.17) is 9.47 Å². The van der Waals surface area contributed by atoms with Crippen LogP contribution < -0.4 is 5.32 Å². The maximum Gasteiger partial charge on any atom is 0.340 e. The number of aryl methyl sites for hydroxylation is 2. The first-order valence-electron chi connectivity index (χ1n) is 9.36. The zero-order valence-electron chi connectivity index (χ0n) is 16.8. The normalized spacial score (nSPS) is 10.7. The summed E-state index contributed by atoms with van der Waals surface area (Å²) < 4.78 is 10.5. The van der Waals surface area contributed by atoms with Crippen molar-refractivity contribution in [2.24, 2.45) is 0 Å². The monoisotopic (exact) mass is 392 g/mol. The molecule has 0 radical (unpaired) electrons. The molecule has 1 heterocycles. The van der Waals surface area contributed by atoms with E-state index in [9.17, 15) is 9.59 Å². The molecule has 1 N–H and O–H groups in total. The molecule has 0 atom stereocenters. The van der Waals surface area contributed by atoms with E-state index in [0.717, 1.165) is 27.6 Å². The number of carbonyl (C=O) groups excluding carboxylic acids is 2. The van der Waals surface area contributed by atoms with Gasteiger partial charge in [0, 0.05) is 19.0 Å². The zero-order chi connectivity index (χ0) is 20.8. The highest BCUT2D eigenvalue weighted by Gasteiger charge is 2.20. The van der Waals surface area contributed by atoms with Crippen LogP contribution in [0, 0.1) is 13.8 Å². The zero-order valence-corrected chi connectivity index (χ0v) is 16.8. The van der Waals surface area contributed by atoms with E-state index in [0.29, 0.717) is 17.8 Å². The number of fused-ring (bicyclic) bond motifs is 1. The third-order valence-electron chi connectivity index (χ3n) is 4.66. The summed E-state index contributed by atoms with van der Waals surface area (Å²) in [5.41, 5.74) is 4.51. The Kier molecular flexibility index (Phi) is 6.57. The molecule has 0 unspecified atom stereocenters. The van der Waals surface area contributed by atoms with E-state index in [-0.39, 0.29) is 19.1 Å². The van der Waals surface area contributed by atoms with Gasteiger partial charge in [0.25, 0.3) is 5.91 Å². The van der Waals surface area contributed by atoms with Crippen molar-refractivity contribution in [3.8, 4) is 0 Å². The van der Waals surface area contributed by atoms with E-state index >= 15 is 0 Å². The van der Waals surface area contributed by atoms with E-state index in [2.05, 4.69) is 10.3 Å². The number of benzene rings is 2. The third kappa shape index (κ3) is 4.97. The number of ether oxygens (including phenoxy) is 2. The second-order valence-corrected chi connectivity index (χ2v) is 6.85. The van der Waals surface area contributed by atoms with Gasteiger partial charge in [-0.1, -0.05) is 48.0 Å². The van der Waals surface area contributed by atoms with Crippen LogP contribution in [0.3, 0.4) is 0 Å². The highest BCUT2D eigenvalue weighted by Crippen LogP contribution is 2.24. The molecule has 0 aliphatic rings. The summed E-state index contributed by atoms with van der Waals surface area (Å²) in [6.45, 7) is 4.04. The van der Waals surface area contributed by atoms with Crippen molar-refractivity contribution in [1.82, 2.24) is 10.3 Å². The molecule has 0 saturated carbocycles. The minimum atomic E-state index is -0.585. The van der Waals surface area contributed by atoms with Crippen molar-refractivity contribution in [2.45, 2.75) is 27.0 Å². The Balaban J connectivity index is 1.68. The Morgan fingerprint density at radius 2 is 1.76 bits per heavy atom. The first kappa shape index (κ1) is 20.5. The molecule has 1 amide bonds. The van der Waals surface area contributed by atoms with E-state index in [1.807, 2.05) is 62.4 Å². The van der Waals surface area contributed by atoms with Gasteiger partial charge in [-0.2, -0.15) is 0 Å². The Morgan fingerprint density at radius 1 is 1.03 bits per heavy atom. The molecular weight excluding hydrogens is 368 g/mol. The van der Waals surface area contributed by atoms with Gasteiger partial charge < -0.3 is 14.8 Å².